The molecule has 0 spiro atoms. The SMILES string of the molecule is CC[Si](C)(C#C[Si](C)(C)C)CC#C[Si](C)(C)C. The van der Waals surface area contributed by atoms with Gasteiger partial charge in [-0.15, -0.1) is 22.6 Å². The summed E-state index contributed by atoms with van der Waals surface area (Å²) >= 11 is 0. The minimum absolute atomic E-state index is 1.06. The van der Waals surface area contributed by atoms with Crippen LogP contribution < -0.4 is 0 Å². The van der Waals surface area contributed by atoms with E-state index in [0.717, 1.165) is 6.04 Å². The first-order valence-electron chi connectivity index (χ1n) is 6.52. The van der Waals surface area contributed by atoms with Crippen molar-refractivity contribution in [2.24, 2.45) is 0 Å². The quantitative estimate of drug-likeness (QED) is 0.520. The summed E-state index contributed by atoms with van der Waals surface area (Å²) in [5.41, 5.74) is 10.7. The smallest absolute Gasteiger partial charge is 0.139 e. The summed E-state index contributed by atoms with van der Waals surface area (Å²) in [6, 6.07) is 2.29. The highest BCUT2D eigenvalue weighted by atomic mass is 28.3. The summed E-state index contributed by atoms with van der Waals surface area (Å²) in [5.74, 6) is 3.44. The summed E-state index contributed by atoms with van der Waals surface area (Å²) < 4.78 is 0. The zero-order chi connectivity index (χ0) is 13.7. The van der Waals surface area contributed by atoms with Crippen LogP contribution in [0, 0.1) is 22.6 Å². The van der Waals surface area contributed by atoms with Crippen LogP contribution in [0.3, 0.4) is 0 Å². The highest BCUT2D eigenvalue weighted by Gasteiger charge is 2.22. The Hall–Kier alpha value is -0.229. The van der Waals surface area contributed by atoms with Gasteiger partial charge in [-0.2, -0.15) is 0 Å². The fraction of sp³-hybridized carbons (Fsp3) is 0.714. The molecule has 0 nitrogen and oxygen atoms in total. The van der Waals surface area contributed by atoms with E-state index in [-0.39, 0.29) is 0 Å². The van der Waals surface area contributed by atoms with Crippen LogP contribution in [-0.2, 0) is 0 Å². The largest absolute Gasteiger partial charge is 0.145 e. The van der Waals surface area contributed by atoms with E-state index in [4.69, 9.17) is 0 Å². The molecule has 0 bridgehead atoms. The topological polar surface area (TPSA) is 0 Å². The van der Waals surface area contributed by atoms with Crippen molar-refractivity contribution < 1.29 is 0 Å². The Kier molecular flexibility index (Phi) is 6.01. The predicted octanol–water partition coefficient (Wildman–Crippen LogP) is 4.39. The molecule has 0 fully saturated rings. The zero-order valence-electron chi connectivity index (χ0n) is 12.9. The van der Waals surface area contributed by atoms with E-state index in [1.807, 2.05) is 0 Å². The molecule has 0 saturated heterocycles. The highest BCUT2D eigenvalue weighted by molar-refractivity contribution is 6.91. The van der Waals surface area contributed by atoms with Gasteiger partial charge in [-0.1, -0.05) is 52.8 Å². The minimum Gasteiger partial charge on any atom is -0.139 e. The van der Waals surface area contributed by atoms with Crippen LogP contribution >= 0.6 is 0 Å². The molecule has 3 heteroatoms. The molecule has 17 heavy (non-hydrogen) atoms. The lowest BCUT2D eigenvalue weighted by atomic mass is 10.8. The van der Waals surface area contributed by atoms with Crippen molar-refractivity contribution >= 4 is 24.2 Å². The summed E-state index contributed by atoms with van der Waals surface area (Å²) in [6.07, 6.45) is 0. The number of hydrogen-bond donors (Lipinski definition) is 0. The van der Waals surface area contributed by atoms with Crippen molar-refractivity contribution in [1.82, 2.24) is 0 Å². The van der Waals surface area contributed by atoms with Gasteiger partial charge in [0.1, 0.15) is 24.2 Å². The Labute approximate surface area is 112 Å². The molecule has 1 atom stereocenters. The first-order chi connectivity index (χ1) is 7.47. The Morgan fingerprint density at radius 1 is 0.706 bits per heavy atom. The first-order valence-corrected chi connectivity index (χ1v) is 16.4. The van der Waals surface area contributed by atoms with Crippen molar-refractivity contribution in [3.05, 3.63) is 0 Å². The van der Waals surface area contributed by atoms with Gasteiger partial charge in [-0.05, 0) is 6.04 Å². The normalized spacial score (nSPS) is 15.1. The molecule has 0 aromatic rings. The third kappa shape index (κ3) is 9.47. The maximum Gasteiger partial charge on any atom is 0.145 e. The van der Waals surface area contributed by atoms with Crippen molar-refractivity contribution in [2.45, 2.75) is 64.8 Å². The monoisotopic (exact) mass is 280 g/mol. The van der Waals surface area contributed by atoms with Crippen LogP contribution in [0.2, 0.25) is 57.9 Å². The number of hydrogen-bond acceptors (Lipinski definition) is 0. The molecular formula is C14H28Si3. The van der Waals surface area contributed by atoms with Gasteiger partial charge in [0.2, 0.25) is 0 Å². The van der Waals surface area contributed by atoms with E-state index < -0.39 is 24.2 Å². The summed E-state index contributed by atoms with van der Waals surface area (Å²) in [6.45, 7) is 18.5. The molecule has 0 N–H and O–H groups in total. The average Bonchev–Trinajstić information content (AvgIpc) is 2.12. The van der Waals surface area contributed by atoms with Crippen LogP contribution in [-0.4, -0.2) is 24.2 Å². The van der Waals surface area contributed by atoms with Crippen LogP contribution in [0.4, 0.5) is 0 Å². The van der Waals surface area contributed by atoms with E-state index >= 15 is 0 Å². The molecule has 0 aromatic heterocycles. The molecule has 0 saturated carbocycles. The van der Waals surface area contributed by atoms with Crippen LogP contribution in [0.1, 0.15) is 6.92 Å². The van der Waals surface area contributed by atoms with E-state index in [2.05, 4.69) is 75.3 Å². The second kappa shape index (κ2) is 6.09. The highest BCUT2D eigenvalue weighted by Crippen LogP contribution is 2.14. The van der Waals surface area contributed by atoms with Gasteiger partial charge in [-0.3, -0.25) is 0 Å². The van der Waals surface area contributed by atoms with Crippen LogP contribution in [0.5, 0.6) is 0 Å². The maximum absolute atomic E-state index is 3.64. The molecule has 96 valence electrons. The lowest BCUT2D eigenvalue weighted by molar-refractivity contribution is 1.36. The maximum atomic E-state index is 3.64. The number of rotatable bonds is 2. The summed E-state index contributed by atoms with van der Waals surface area (Å²) in [5, 5.41) is 0. The summed E-state index contributed by atoms with van der Waals surface area (Å²) in [7, 11) is -3.84. The molecule has 0 aromatic carbocycles. The van der Waals surface area contributed by atoms with Crippen molar-refractivity contribution in [2.75, 3.05) is 0 Å². The Morgan fingerprint density at radius 2 is 1.18 bits per heavy atom. The van der Waals surface area contributed by atoms with Gasteiger partial charge >= 0.3 is 0 Å². The second-order valence-corrected chi connectivity index (χ2v) is 21.1. The fourth-order valence-electron chi connectivity index (χ4n) is 1.10. The van der Waals surface area contributed by atoms with E-state index in [1.54, 1.807) is 0 Å². The zero-order valence-corrected chi connectivity index (χ0v) is 15.9. The van der Waals surface area contributed by atoms with Gasteiger partial charge in [0.25, 0.3) is 0 Å². The predicted molar refractivity (Wildman–Crippen MR) is 89.2 cm³/mol. The second-order valence-electron chi connectivity index (χ2n) is 7.14. The van der Waals surface area contributed by atoms with Crippen LogP contribution in [0.15, 0.2) is 0 Å². The summed E-state index contributed by atoms with van der Waals surface area (Å²) in [4.78, 5) is 0. The van der Waals surface area contributed by atoms with E-state index in [9.17, 15) is 0 Å². The van der Waals surface area contributed by atoms with Crippen molar-refractivity contribution in [1.29, 1.82) is 0 Å². The molecule has 0 amide bonds. The third-order valence-corrected chi connectivity index (χ3v) is 7.76. The van der Waals surface area contributed by atoms with Gasteiger partial charge in [0, 0.05) is 6.04 Å². The van der Waals surface area contributed by atoms with Crippen LogP contribution in [0.25, 0.3) is 0 Å². The third-order valence-electron chi connectivity index (χ3n) is 2.46. The van der Waals surface area contributed by atoms with Gasteiger partial charge in [0.05, 0.1) is 0 Å². The molecule has 0 heterocycles. The van der Waals surface area contributed by atoms with E-state index in [1.165, 1.54) is 6.04 Å². The molecular weight excluding hydrogens is 252 g/mol. The van der Waals surface area contributed by atoms with Crippen molar-refractivity contribution in [3.63, 3.8) is 0 Å². The molecule has 0 rings (SSSR count). The molecule has 0 aliphatic carbocycles. The molecule has 1 unspecified atom stereocenters. The van der Waals surface area contributed by atoms with Gasteiger partial charge in [-0.25, -0.2) is 0 Å². The fourth-order valence-corrected chi connectivity index (χ4v) is 5.60. The standard InChI is InChI=1S/C14H28Si3/c1-9-17(8,14-13-16(5,6)7)12-10-11-15(2,3)4/h9,12H2,1-8H3. The Balaban J connectivity index is 4.79. The van der Waals surface area contributed by atoms with Gasteiger partial charge in [0.15, 0.2) is 0 Å². The lowest BCUT2D eigenvalue weighted by Crippen LogP contribution is -2.29. The molecule has 0 radical (unpaired) electrons. The Morgan fingerprint density at radius 3 is 1.53 bits per heavy atom. The minimum atomic E-state index is -1.41. The van der Waals surface area contributed by atoms with Gasteiger partial charge < -0.3 is 0 Å². The Bertz CT molecular complexity index is 363. The van der Waals surface area contributed by atoms with E-state index in [0.29, 0.717) is 0 Å². The first kappa shape index (κ1) is 16.8. The molecule has 0 aliphatic heterocycles. The lowest BCUT2D eigenvalue weighted by Gasteiger charge is -2.17. The average molecular weight is 281 g/mol. The van der Waals surface area contributed by atoms with Crippen molar-refractivity contribution in [3.8, 4) is 22.6 Å². The molecule has 0 aliphatic rings.